The molecule has 0 aliphatic heterocycles. The molecule has 1 saturated carbocycles. The molecule has 0 spiro atoms. The molecule has 1 aliphatic rings. The van der Waals surface area contributed by atoms with Gasteiger partial charge in [0.1, 0.15) is 12.1 Å². The standard InChI is InChI=1S/C16H22N2O3.ClH/c1-2-6-13(16(20)21)18-14(11-7-4-3-5-8-11)15(19)17-12-9-10-12;/h3-5,7-8,12-14,18H,2,6,9-10H2,1H3,(H,17,19)(H,20,21);1H. The van der Waals surface area contributed by atoms with Gasteiger partial charge in [-0.25, -0.2) is 0 Å². The van der Waals surface area contributed by atoms with Crippen molar-refractivity contribution in [3.63, 3.8) is 0 Å². The number of halogens is 1. The van der Waals surface area contributed by atoms with Crippen LogP contribution < -0.4 is 10.6 Å². The van der Waals surface area contributed by atoms with Crippen LogP contribution in [0.4, 0.5) is 0 Å². The summed E-state index contributed by atoms with van der Waals surface area (Å²) in [7, 11) is 0. The maximum atomic E-state index is 12.4. The zero-order valence-corrected chi connectivity index (χ0v) is 13.4. The van der Waals surface area contributed by atoms with E-state index in [4.69, 9.17) is 0 Å². The molecule has 3 N–H and O–H groups in total. The monoisotopic (exact) mass is 326 g/mol. The molecular weight excluding hydrogens is 304 g/mol. The number of carboxylic acid groups (broad SMARTS) is 1. The van der Waals surface area contributed by atoms with Gasteiger partial charge in [0, 0.05) is 6.04 Å². The van der Waals surface area contributed by atoms with Crippen molar-refractivity contribution in [1.29, 1.82) is 0 Å². The van der Waals surface area contributed by atoms with E-state index in [1.165, 1.54) is 0 Å². The number of benzene rings is 1. The first-order valence-corrected chi connectivity index (χ1v) is 7.46. The van der Waals surface area contributed by atoms with Crippen molar-refractivity contribution >= 4 is 24.3 Å². The van der Waals surface area contributed by atoms with E-state index in [1.54, 1.807) is 0 Å². The zero-order chi connectivity index (χ0) is 15.2. The number of carbonyl (C=O) groups is 2. The van der Waals surface area contributed by atoms with Gasteiger partial charge in [-0.2, -0.15) is 0 Å². The van der Waals surface area contributed by atoms with Crippen molar-refractivity contribution < 1.29 is 14.7 Å². The molecular formula is C16H23ClN2O3. The molecule has 1 fully saturated rings. The van der Waals surface area contributed by atoms with Gasteiger partial charge in [-0.1, -0.05) is 43.7 Å². The van der Waals surface area contributed by atoms with Crippen LogP contribution in [0.5, 0.6) is 0 Å². The van der Waals surface area contributed by atoms with Gasteiger partial charge in [-0.3, -0.25) is 14.9 Å². The maximum absolute atomic E-state index is 12.4. The summed E-state index contributed by atoms with van der Waals surface area (Å²) in [6, 6.07) is 8.17. The fraction of sp³-hybridized carbons (Fsp3) is 0.500. The summed E-state index contributed by atoms with van der Waals surface area (Å²) < 4.78 is 0. The number of rotatable bonds is 8. The highest BCUT2D eigenvalue weighted by atomic mass is 35.5. The number of aliphatic carboxylic acids is 1. The van der Waals surface area contributed by atoms with E-state index >= 15 is 0 Å². The van der Waals surface area contributed by atoms with E-state index < -0.39 is 18.1 Å². The van der Waals surface area contributed by atoms with Gasteiger partial charge < -0.3 is 10.4 Å². The van der Waals surface area contributed by atoms with Crippen LogP contribution in [0.2, 0.25) is 0 Å². The number of carbonyl (C=O) groups excluding carboxylic acids is 1. The summed E-state index contributed by atoms with van der Waals surface area (Å²) in [4.78, 5) is 23.7. The third-order valence-electron chi connectivity index (χ3n) is 3.56. The maximum Gasteiger partial charge on any atom is 0.320 e. The van der Waals surface area contributed by atoms with Crippen LogP contribution in [0.15, 0.2) is 30.3 Å². The molecule has 1 aromatic rings. The number of nitrogens with one attached hydrogen (secondary N) is 2. The predicted molar refractivity (Wildman–Crippen MR) is 87.1 cm³/mol. The van der Waals surface area contributed by atoms with Crippen LogP contribution in [0.3, 0.4) is 0 Å². The highest BCUT2D eigenvalue weighted by molar-refractivity contribution is 5.85. The first kappa shape index (κ1) is 18.5. The molecule has 1 aromatic carbocycles. The van der Waals surface area contributed by atoms with Gasteiger partial charge in [0.25, 0.3) is 0 Å². The molecule has 122 valence electrons. The second-order valence-corrected chi connectivity index (χ2v) is 5.47. The summed E-state index contributed by atoms with van der Waals surface area (Å²) >= 11 is 0. The Kier molecular flexibility index (Phi) is 7.35. The van der Waals surface area contributed by atoms with Gasteiger partial charge in [0.2, 0.25) is 5.91 Å². The lowest BCUT2D eigenvalue weighted by Crippen LogP contribution is -2.46. The Labute approximate surface area is 136 Å². The second kappa shape index (κ2) is 8.76. The van der Waals surface area contributed by atoms with E-state index in [9.17, 15) is 14.7 Å². The van der Waals surface area contributed by atoms with E-state index in [-0.39, 0.29) is 24.4 Å². The van der Waals surface area contributed by atoms with Crippen LogP contribution in [0.25, 0.3) is 0 Å². The van der Waals surface area contributed by atoms with Crippen LogP contribution in [0, 0.1) is 0 Å². The Morgan fingerprint density at radius 2 is 1.91 bits per heavy atom. The fourth-order valence-corrected chi connectivity index (χ4v) is 2.25. The number of carboxylic acids is 1. The van der Waals surface area contributed by atoms with Crippen LogP contribution in [0.1, 0.15) is 44.2 Å². The molecule has 2 rings (SSSR count). The SMILES string of the molecule is CCCC(NC(C(=O)NC1CC1)c1ccccc1)C(=O)O.Cl. The normalized spacial score (nSPS) is 16.2. The highest BCUT2D eigenvalue weighted by Crippen LogP contribution is 2.21. The average Bonchev–Trinajstić information content (AvgIpc) is 3.27. The Morgan fingerprint density at radius 3 is 2.41 bits per heavy atom. The van der Waals surface area contributed by atoms with Gasteiger partial charge in [0.05, 0.1) is 0 Å². The third kappa shape index (κ3) is 5.31. The molecule has 2 atom stereocenters. The molecule has 6 heteroatoms. The zero-order valence-electron chi connectivity index (χ0n) is 12.6. The molecule has 0 bridgehead atoms. The highest BCUT2D eigenvalue weighted by Gasteiger charge is 2.31. The molecule has 2 unspecified atom stereocenters. The van der Waals surface area contributed by atoms with Gasteiger partial charge in [-0.05, 0) is 24.8 Å². The van der Waals surface area contributed by atoms with Crippen molar-refractivity contribution in [3.8, 4) is 0 Å². The van der Waals surface area contributed by atoms with Crippen molar-refractivity contribution in [2.75, 3.05) is 0 Å². The summed E-state index contributed by atoms with van der Waals surface area (Å²) in [5, 5.41) is 15.2. The minimum atomic E-state index is -0.919. The lowest BCUT2D eigenvalue weighted by molar-refractivity contribution is -0.140. The summed E-state index contributed by atoms with van der Waals surface area (Å²) in [6.07, 6.45) is 3.25. The summed E-state index contributed by atoms with van der Waals surface area (Å²) in [5.41, 5.74) is 0.790. The lowest BCUT2D eigenvalue weighted by atomic mass is 10.0. The van der Waals surface area contributed by atoms with Gasteiger partial charge >= 0.3 is 5.97 Å². The first-order chi connectivity index (χ1) is 10.1. The van der Waals surface area contributed by atoms with E-state index in [1.807, 2.05) is 37.3 Å². The summed E-state index contributed by atoms with van der Waals surface area (Å²) in [6.45, 7) is 1.93. The molecule has 1 aliphatic carbocycles. The van der Waals surface area contributed by atoms with Crippen molar-refractivity contribution in [2.24, 2.45) is 0 Å². The average molecular weight is 327 g/mol. The molecule has 0 saturated heterocycles. The molecule has 22 heavy (non-hydrogen) atoms. The lowest BCUT2D eigenvalue weighted by Gasteiger charge is -2.23. The number of hydrogen-bond acceptors (Lipinski definition) is 3. The molecule has 0 heterocycles. The first-order valence-electron chi connectivity index (χ1n) is 7.46. The quantitative estimate of drug-likeness (QED) is 0.685. The largest absolute Gasteiger partial charge is 0.480 e. The number of hydrogen-bond donors (Lipinski definition) is 3. The smallest absolute Gasteiger partial charge is 0.320 e. The summed E-state index contributed by atoms with van der Waals surface area (Å²) in [5.74, 6) is -1.07. The van der Waals surface area contributed by atoms with Crippen LogP contribution in [-0.4, -0.2) is 29.1 Å². The minimum absolute atomic E-state index is 0. The van der Waals surface area contributed by atoms with Gasteiger partial charge in [-0.15, -0.1) is 12.4 Å². The van der Waals surface area contributed by atoms with Crippen molar-refractivity contribution in [1.82, 2.24) is 10.6 Å². The topological polar surface area (TPSA) is 78.4 Å². The van der Waals surface area contributed by atoms with Crippen LogP contribution in [-0.2, 0) is 9.59 Å². The minimum Gasteiger partial charge on any atom is -0.480 e. The van der Waals surface area contributed by atoms with Crippen LogP contribution >= 0.6 is 12.4 Å². The third-order valence-corrected chi connectivity index (χ3v) is 3.56. The Balaban J connectivity index is 0.00000242. The number of amides is 1. The van der Waals surface area contributed by atoms with Crippen molar-refractivity contribution in [2.45, 2.75) is 50.7 Å². The van der Waals surface area contributed by atoms with E-state index in [2.05, 4.69) is 10.6 Å². The molecule has 0 radical (unpaired) electrons. The molecule has 0 aromatic heterocycles. The Bertz CT molecular complexity index is 491. The van der Waals surface area contributed by atoms with Gasteiger partial charge in [0.15, 0.2) is 0 Å². The predicted octanol–water partition coefficient (Wildman–Crippen LogP) is 2.27. The van der Waals surface area contributed by atoms with E-state index in [0.29, 0.717) is 6.42 Å². The fourth-order valence-electron chi connectivity index (χ4n) is 2.25. The second-order valence-electron chi connectivity index (χ2n) is 5.47. The Morgan fingerprint density at radius 1 is 1.27 bits per heavy atom. The van der Waals surface area contributed by atoms with Crippen molar-refractivity contribution in [3.05, 3.63) is 35.9 Å². The molecule has 1 amide bonds. The van der Waals surface area contributed by atoms with E-state index in [0.717, 1.165) is 24.8 Å². The Hall–Kier alpha value is -1.59. The molecule has 5 nitrogen and oxygen atoms in total.